The molecule has 0 radical (unpaired) electrons. The van der Waals surface area contributed by atoms with Gasteiger partial charge in [0.2, 0.25) is 0 Å². The van der Waals surface area contributed by atoms with E-state index >= 15 is 0 Å². The van der Waals surface area contributed by atoms with E-state index in [4.69, 9.17) is 6.57 Å². The van der Waals surface area contributed by atoms with E-state index in [0.717, 1.165) is 54.3 Å². The molecule has 0 fully saturated rings. The van der Waals surface area contributed by atoms with E-state index in [9.17, 15) is 0 Å². The van der Waals surface area contributed by atoms with Crippen LogP contribution in [-0.2, 0) is 0 Å². The average Bonchev–Trinajstić information content (AvgIpc) is 3.53. The van der Waals surface area contributed by atoms with Crippen molar-refractivity contribution in [2.75, 3.05) is 0 Å². The highest BCUT2D eigenvalue weighted by molar-refractivity contribution is 7.99. The summed E-state index contributed by atoms with van der Waals surface area (Å²) < 4.78 is 4.43. The van der Waals surface area contributed by atoms with Gasteiger partial charge in [-0.05, 0) is 72.1 Å². The van der Waals surface area contributed by atoms with Crippen LogP contribution in [0.5, 0.6) is 0 Å². The molecule has 8 aromatic rings. The Bertz CT molecular complexity index is 2290. The summed E-state index contributed by atoms with van der Waals surface area (Å²) in [5.41, 5.74) is 5.00. The molecule has 0 N–H and O–H groups in total. The Morgan fingerprint density at radius 1 is 0.512 bits per heavy atom. The van der Waals surface area contributed by atoms with Crippen LogP contribution in [0.4, 0.5) is 5.69 Å². The van der Waals surface area contributed by atoms with Crippen LogP contribution in [-0.4, -0.2) is 19.1 Å². The Balaban J connectivity index is 1.30. The van der Waals surface area contributed by atoms with Crippen LogP contribution in [0, 0.1) is 6.57 Å². The number of rotatable bonds is 4. The van der Waals surface area contributed by atoms with Gasteiger partial charge in [0.25, 0.3) is 0 Å². The summed E-state index contributed by atoms with van der Waals surface area (Å²) in [6, 6.07) is 39.6. The summed E-state index contributed by atoms with van der Waals surface area (Å²) in [5.74, 6) is 1.76. The fourth-order valence-electron chi connectivity index (χ4n) is 5.74. The minimum absolute atomic E-state index is 0.632. The quantitative estimate of drug-likeness (QED) is 0.208. The molecule has 5 nitrogen and oxygen atoms in total. The SMILES string of the molecule is [C-]#[N+]c1ccc2c(c1)c1ccc(Sc3ccc4c5ccccc5n(-c5ccccn5)c4c3)cc1n2-c1ccccn1. The van der Waals surface area contributed by atoms with Crippen LogP contribution >= 0.6 is 11.8 Å². The summed E-state index contributed by atoms with van der Waals surface area (Å²) in [6.07, 6.45) is 3.65. The zero-order chi connectivity index (χ0) is 27.3. The first-order chi connectivity index (χ1) is 20.3. The molecule has 0 bridgehead atoms. The number of hydrogen-bond acceptors (Lipinski definition) is 3. The molecule has 0 atom stereocenters. The third-order valence-electron chi connectivity index (χ3n) is 7.49. The smallest absolute Gasteiger partial charge is 0.188 e. The molecule has 0 saturated carbocycles. The monoisotopic (exact) mass is 543 g/mol. The lowest BCUT2D eigenvalue weighted by Gasteiger charge is -2.09. The molecule has 0 spiro atoms. The molecule has 0 aliphatic carbocycles. The van der Waals surface area contributed by atoms with Crippen LogP contribution in [0.25, 0.3) is 60.1 Å². The highest BCUT2D eigenvalue weighted by Gasteiger charge is 2.16. The molecular weight excluding hydrogens is 522 g/mol. The van der Waals surface area contributed by atoms with E-state index < -0.39 is 0 Å². The summed E-state index contributed by atoms with van der Waals surface area (Å²) in [6.45, 7) is 7.52. The number of nitrogens with zero attached hydrogens (tertiary/aromatic N) is 5. The zero-order valence-electron chi connectivity index (χ0n) is 21.8. The van der Waals surface area contributed by atoms with Gasteiger partial charge in [0.15, 0.2) is 5.69 Å². The Hall–Kier alpha value is -5.38. The minimum Gasteiger partial charge on any atom is -0.294 e. The van der Waals surface area contributed by atoms with Crippen molar-refractivity contribution < 1.29 is 0 Å². The minimum atomic E-state index is 0.632. The Labute approximate surface area is 240 Å². The number of hydrogen-bond donors (Lipinski definition) is 0. The van der Waals surface area contributed by atoms with Gasteiger partial charge in [0, 0.05) is 38.3 Å². The van der Waals surface area contributed by atoms with Gasteiger partial charge < -0.3 is 0 Å². The Morgan fingerprint density at radius 3 is 1.68 bits per heavy atom. The lowest BCUT2D eigenvalue weighted by Crippen LogP contribution is -1.96. The average molecular weight is 544 g/mol. The second-order valence-electron chi connectivity index (χ2n) is 9.84. The molecule has 4 aromatic heterocycles. The third kappa shape index (κ3) is 3.79. The molecule has 41 heavy (non-hydrogen) atoms. The molecule has 4 aromatic carbocycles. The van der Waals surface area contributed by atoms with Gasteiger partial charge in [-0.1, -0.05) is 60.3 Å². The number of benzene rings is 4. The molecule has 0 aliphatic heterocycles. The summed E-state index contributed by atoms with van der Waals surface area (Å²) in [5, 5.41) is 4.57. The molecular formula is C35H21N5S. The number of pyridine rings is 2. The van der Waals surface area contributed by atoms with E-state index in [1.54, 1.807) is 11.8 Å². The normalized spacial score (nSPS) is 11.5. The summed E-state index contributed by atoms with van der Waals surface area (Å²) in [4.78, 5) is 15.3. The van der Waals surface area contributed by atoms with Crippen molar-refractivity contribution in [2.24, 2.45) is 0 Å². The maximum Gasteiger partial charge on any atom is 0.188 e. The van der Waals surface area contributed by atoms with E-state index in [2.05, 4.69) is 90.7 Å². The van der Waals surface area contributed by atoms with Gasteiger partial charge in [-0.25, -0.2) is 14.8 Å². The second-order valence-corrected chi connectivity index (χ2v) is 11.0. The Morgan fingerprint density at radius 2 is 1.07 bits per heavy atom. The number of para-hydroxylation sites is 1. The zero-order valence-corrected chi connectivity index (χ0v) is 22.6. The molecule has 0 aliphatic rings. The maximum atomic E-state index is 7.52. The largest absolute Gasteiger partial charge is 0.294 e. The van der Waals surface area contributed by atoms with Crippen LogP contribution < -0.4 is 0 Å². The summed E-state index contributed by atoms with van der Waals surface area (Å²) >= 11 is 1.74. The Kier molecular flexibility index (Phi) is 5.37. The van der Waals surface area contributed by atoms with Gasteiger partial charge in [-0.3, -0.25) is 9.13 Å². The van der Waals surface area contributed by atoms with Crippen LogP contribution in [0.2, 0.25) is 0 Å². The van der Waals surface area contributed by atoms with Crippen molar-refractivity contribution in [3.05, 3.63) is 139 Å². The first-order valence-corrected chi connectivity index (χ1v) is 14.1. The second kappa shape index (κ2) is 9.37. The molecule has 4 heterocycles. The first kappa shape index (κ1) is 23.5. The van der Waals surface area contributed by atoms with Gasteiger partial charge in [0.1, 0.15) is 11.6 Å². The highest BCUT2D eigenvalue weighted by atomic mass is 32.2. The molecule has 6 heteroatoms. The number of fused-ring (bicyclic) bond motifs is 6. The molecule has 0 amide bonds. The molecule has 192 valence electrons. The maximum absolute atomic E-state index is 7.52. The topological polar surface area (TPSA) is 40.0 Å². The van der Waals surface area contributed by atoms with Crippen LogP contribution in [0.3, 0.4) is 0 Å². The van der Waals surface area contributed by atoms with Crippen molar-refractivity contribution in [3.8, 4) is 11.6 Å². The predicted octanol–water partition coefficient (Wildman–Crippen LogP) is 9.37. The lowest BCUT2D eigenvalue weighted by molar-refractivity contribution is 1.08. The molecule has 0 unspecified atom stereocenters. The van der Waals surface area contributed by atoms with E-state index in [0.29, 0.717) is 5.69 Å². The summed E-state index contributed by atoms with van der Waals surface area (Å²) in [7, 11) is 0. The van der Waals surface area contributed by atoms with E-state index in [-0.39, 0.29) is 0 Å². The van der Waals surface area contributed by atoms with Gasteiger partial charge in [-0.15, -0.1) is 0 Å². The van der Waals surface area contributed by atoms with Gasteiger partial charge in [-0.2, -0.15) is 0 Å². The first-order valence-electron chi connectivity index (χ1n) is 13.3. The van der Waals surface area contributed by atoms with E-state index in [1.165, 1.54) is 10.8 Å². The molecule has 8 rings (SSSR count). The fourth-order valence-corrected chi connectivity index (χ4v) is 6.62. The van der Waals surface area contributed by atoms with Crippen molar-refractivity contribution in [1.82, 2.24) is 19.1 Å². The molecule has 0 saturated heterocycles. The van der Waals surface area contributed by atoms with Crippen LogP contribution in [0.15, 0.2) is 137 Å². The standard InChI is InChI=1S/C35H21N5S/c1-36-23-12-17-31-29(20-23)28-16-14-25(22-33(28)40(31)35-11-5-7-19-38-35)41-24-13-15-27-26-8-2-3-9-30(26)39(32(27)21-24)34-10-4-6-18-37-34/h2-22H. The van der Waals surface area contributed by atoms with Crippen molar-refractivity contribution in [1.29, 1.82) is 0 Å². The van der Waals surface area contributed by atoms with Crippen molar-refractivity contribution >= 4 is 61.1 Å². The van der Waals surface area contributed by atoms with Gasteiger partial charge >= 0.3 is 0 Å². The lowest BCUT2D eigenvalue weighted by atomic mass is 10.1. The van der Waals surface area contributed by atoms with E-state index in [1.807, 2.05) is 60.9 Å². The fraction of sp³-hybridized carbons (Fsp3) is 0. The van der Waals surface area contributed by atoms with Gasteiger partial charge in [0.05, 0.1) is 28.6 Å². The van der Waals surface area contributed by atoms with Crippen molar-refractivity contribution in [3.63, 3.8) is 0 Å². The predicted molar refractivity (Wildman–Crippen MR) is 168 cm³/mol. The third-order valence-corrected chi connectivity index (χ3v) is 8.47. The van der Waals surface area contributed by atoms with Crippen LogP contribution in [0.1, 0.15) is 0 Å². The highest BCUT2D eigenvalue weighted by Crippen LogP contribution is 2.39. The number of aromatic nitrogens is 4. The van der Waals surface area contributed by atoms with Crippen molar-refractivity contribution in [2.45, 2.75) is 9.79 Å².